The smallest absolute Gasteiger partial charge is 0.323 e. The highest BCUT2D eigenvalue weighted by atomic mass is 35.5. The molecule has 0 radical (unpaired) electrons. The van der Waals surface area contributed by atoms with Gasteiger partial charge in [0, 0.05) is 17.3 Å². The van der Waals surface area contributed by atoms with Crippen LogP contribution < -0.4 is 5.32 Å². The number of carboxylic acid groups (broad SMARTS) is 1. The number of nitrogens with zero attached hydrogens (tertiary/aromatic N) is 1. The fraction of sp³-hybridized carbons (Fsp3) is 0.385. The maximum Gasteiger partial charge on any atom is 0.323 e. The summed E-state index contributed by atoms with van der Waals surface area (Å²) >= 11 is 5.68. The van der Waals surface area contributed by atoms with Gasteiger partial charge in [0.15, 0.2) is 0 Å². The Bertz CT molecular complexity index is 488. The quantitative estimate of drug-likeness (QED) is 0.878. The Balaban J connectivity index is 2.81. The van der Waals surface area contributed by atoms with E-state index >= 15 is 0 Å². The maximum atomic E-state index is 13.2. The average molecular weight is 303 g/mol. The molecule has 2 amide bonds. The van der Waals surface area contributed by atoms with Gasteiger partial charge in [-0.25, -0.2) is 9.18 Å². The number of carbonyl (C=O) groups is 2. The minimum absolute atomic E-state index is 0.108. The molecule has 110 valence electrons. The summed E-state index contributed by atoms with van der Waals surface area (Å²) in [7, 11) is 0. The van der Waals surface area contributed by atoms with Crippen molar-refractivity contribution in [3.63, 3.8) is 0 Å². The molecule has 7 heteroatoms. The summed E-state index contributed by atoms with van der Waals surface area (Å²) in [6.45, 7) is 3.58. The molecule has 0 atom stereocenters. The number of carboxylic acids is 1. The van der Waals surface area contributed by atoms with Gasteiger partial charge in [-0.2, -0.15) is 0 Å². The van der Waals surface area contributed by atoms with Gasteiger partial charge in [-0.3, -0.25) is 4.79 Å². The number of aliphatic carboxylic acids is 1. The van der Waals surface area contributed by atoms with Crippen LogP contribution in [0.5, 0.6) is 0 Å². The summed E-state index contributed by atoms with van der Waals surface area (Å²) < 4.78 is 13.2. The van der Waals surface area contributed by atoms with E-state index in [2.05, 4.69) is 5.32 Å². The van der Waals surface area contributed by atoms with E-state index in [1.807, 2.05) is 13.8 Å². The van der Waals surface area contributed by atoms with Crippen molar-refractivity contribution >= 4 is 29.3 Å². The van der Waals surface area contributed by atoms with Crippen LogP contribution in [0.3, 0.4) is 0 Å². The predicted molar refractivity (Wildman–Crippen MR) is 74.5 cm³/mol. The highest BCUT2D eigenvalue weighted by Crippen LogP contribution is 2.18. The molecule has 0 spiro atoms. The van der Waals surface area contributed by atoms with Crippen molar-refractivity contribution in [1.29, 1.82) is 0 Å². The Hall–Kier alpha value is -1.82. The van der Waals surface area contributed by atoms with E-state index in [0.29, 0.717) is 0 Å². The van der Waals surface area contributed by atoms with Gasteiger partial charge in [0.1, 0.15) is 12.4 Å². The number of hydrogen-bond acceptors (Lipinski definition) is 2. The molecule has 5 nitrogen and oxygen atoms in total. The van der Waals surface area contributed by atoms with Crippen molar-refractivity contribution < 1.29 is 19.1 Å². The third-order valence-electron chi connectivity index (χ3n) is 2.31. The topological polar surface area (TPSA) is 69.6 Å². The lowest BCUT2D eigenvalue weighted by molar-refractivity contribution is -0.137. The van der Waals surface area contributed by atoms with E-state index in [-0.39, 0.29) is 23.2 Å². The molecule has 0 aliphatic carbocycles. The zero-order valence-electron chi connectivity index (χ0n) is 11.2. The van der Waals surface area contributed by atoms with Crippen LogP contribution in [0.15, 0.2) is 18.2 Å². The van der Waals surface area contributed by atoms with Crippen LogP contribution in [0.2, 0.25) is 5.02 Å². The first-order valence-electron chi connectivity index (χ1n) is 6.01. The number of benzene rings is 1. The fourth-order valence-corrected chi connectivity index (χ4v) is 1.87. The minimum atomic E-state index is -1.11. The molecular formula is C13H16ClFN2O3. The molecule has 1 aromatic carbocycles. The van der Waals surface area contributed by atoms with Crippen molar-refractivity contribution in [2.45, 2.75) is 13.8 Å². The van der Waals surface area contributed by atoms with E-state index in [9.17, 15) is 14.0 Å². The van der Waals surface area contributed by atoms with E-state index in [0.717, 1.165) is 17.0 Å². The first-order chi connectivity index (χ1) is 9.27. The standard InChI is InChI=1S/C13H16ClFN2O3/c1-8(2)6-17(7-12(18)19)13(20)16-11-4-9(14)3-10(15)5-11/h3-5,8H,6-7H2,1-2H3,(H,16,20)(H,18,19). The van der Waals surface area contributed by atoms with Gasteiger partial charge in [-0.15, -0.1) is 0 Å². The van der Waals surface area contributed by atoms with Gasteiger partial charge in [0.2, 0.25) is 0 Å². The van der Waals surface area contributed by atoms with Crippen LogP contribution in [-0.4, -0.2) is 35.1 Å². The lowest BCUT2D eigenvalue weighted by Crippen LogP contribution is -2.40. The van der Waals surface area contributed by atoms with Gasteiger partial charge >= 0.3 is 12.0 Å². The molecule has 0 fully saturated rings. The van der Waals surface area contributed by atoms with Crippen LogP contribution >= 0.6 is 11.6 Å². The molecule has 0 unspecified atom stereocenters. The molecule has 0 aliphatic rings. The van der Waals surface area contributed by atoms with Gasteiger partial charge in [-0.05, 0) is 24.1 Å². The van der Waals surface area contributed by atoms with Crippen LogP contribution in [0, 0.1) is 11.7 Å². The van der Waals surface area contributed by atoms with Crippen molar-refractivity contribution in [2.75, 3.05) is 18.4 Å². The molecule has 1 rings (SSSR count). The summed E-state index contributed by atoms with van der Waals surface area (Å²) in [6.07, 6.45) is 0. The molecule has 0 aromatic heterocycles. The lowest BCUT2D eigenvalue weighted by atomic mass is 10.2. The zero-order chi connectivity index (χ0) is 15.3. The number of nitrogens with one attached hydrogen (secondary N) is 1. The number of rotatable bonds is 5. The third-order valence-corrected chi connectivity index (χ3v) is 2.53. The molecule has 20 heavy (non-hydrogen) atoms. The number of anilines is 1. The Morgan fingerprint density at radius 1 is 1.40 bits per heavy atom. The lowest BCUT2D eigenvalue weighted by Gasteiger charge is -2.23. The van der Waals surface area contributed by atoms with E-state index in [1.165, 1.54) is 6.07 Å². The summed E-state index contributed by atoms with van der Waals surface area (Å²) in [5.74, 6) is -1.59. The summed E-state index contributed by atoms with van der Waals surface area (Å²) in [5, 5.41) is 11.4. The summed E-state index contributed by atoms with van der Waals surface area (Å²) in [5.41, 5.74) is 0.180. The third kappa shape index (κ3) is 5.44. The molecule has 0 aliphatic heterocycles. The first kappa shape index (κ1) is 16.2. The van der Waals surface area contributed by atoms with Gasteiger partial charge < -0.3 is 15.3 Å². The minimum Gasteiger partial charge on any atom is -0.480 e. The highest BCUT2D eigenvalue weighted by molar-refractivity contribution is 6.30. The van der Waals surface area contributed by atoms with Crippen LogP contribution in [0.1, 0.15) is 13.8 Å². The fourth-order valence-electron chi connectivity index (χ4n) is 1.65. The van der Waals surface area contributed by atoms with Crippen molar-refractivity contribution in [3.8, 4) is 0 Å². The second-order valence-corrected chi connectivity index (χ2v) is 5.19. The maximum absolute atomic E-state index is 13.2. The molecule has 0 heterocycles. The molecule has 2 N–H and O–H groups in total. The van der Waals surface area contributed by atoms with Crippen LogP contribution in [0.25, 0.3) is 0 Å². The second kappa shape index (κ2) is 7.09. The van der Waals surface area contributed by atoms with Gasteiger partial charge in [0.05, 0.1) is 0 Å². The highest BCUT2D eigenvalue weighted by Gasteiger charge is 2.18. The monoisotopic (exact) mass is 302 g/mol. The Morgan fingerprint density at radius 2 is 2.05 bits per heavy atom. The SMILES string of the molecule is CC(C)CN(CC(=O)O)C(=O)Nc1cc(F)cc(Cl)c1. The number of urea groups is 1. The Morgan fingerprint density at radius 3 is 2.55 bits per heavy atom. The van der Waals surface area contributed by atoms with Crippen molar-refractivity contribution in [1.82, 2.24) is 4.90 Å². The normalized spacial score (nSPS) is 10.4. The van der Waals surface area contributed by atoms with E-state index in [1.54, 1.807) is 0 Å². The average Bonchev–Trinajstić information content (AvgIpc) is 2.24. The van der Waals surface area contributed by atoms with Crippen molar-refractivity contribution in [3.05, 3.63) is 29.0 Å². The van der Waals surface area contributed by atoms with Gasteiger partial charge in [-0.1, -0.05) is 25.4 Å². The largest absolute Gasteiger partial charge is 0.480 e. The molecule has 1 aromatic rings. The zero-order valence-corrected chi connectivity index (χ0v) is 11.9. The Kier molecular flexibility index (Phi) is 5.76. The number of hydrogen-bond donors (Lipinski definition) is 2. The van der Waals surface area contributed by atoms with Crippen LogP contribution in [0.4, 0.5) is 14.9 Å². The summed E-state index contributed by atoms with van der Waals surface area (Å²) in [4.78, 5) is 23.9. The van der Waals surface area contributed by atoms with E-state index < -0.39 is 24.4 Å². The predicted octanol–water partition coefficient (Wildman–Crippen LogP) is 3.05. The molecule has 0 saturated heterocycles. The number of carbonyl (C=O) groups excluding carboxylic acids is 1. The van der Waals surface area contributed by atoms with Gasteiger partial charge in [0.25, 0.3) is 0 Å². The van der Waals surface area contributed by atoms with Crippen LogP contribution in [-0.2, 0) is 4.79 Å². The molecule has 0 saturated carbocycles. The Labute approximate surface area is 121 Å². The second-order valence-electron chi connectivity index (χ2n) is 4.76. The molecular weight excluding hydrogens is 287 g/mol. The van der Waals surface area contributed by atoms with E-state index in [4.69, 9.17) is 16.7 Å². The first-order valence-corrected chi connectivity index (χ1v) is 6.39. The number of halogens is 2. The van der Waals surface area contributed by atoms with Crippen molar-refractivity contribution in [2.24, 2.45) is 5.92 Å². The summed E-state index contributed by atoms with van der Waals surface area (Å²) in [6, 6.07) is 3.00. The number of amides is 2. The molecule has 0 bridgehead atoms.